The summed E-state index contributed by atoms with van der Waals surface area (Å²) in [7, 11) is 0. The molecule has 4 heteroatoms. The van der Waals surface area contributed by atoms with Gasteiger partial charge in [-0.1, -0.05) is 0 Å². The Morgan fingerprint density at radius 3 is 1.94 bits per heavy atom. The molecule has 0 aliphatic heterocycles. The van der Waals surface area contributed by atoms with Crippen LogP contribution in [0.25, 0.3) is 11.1 Å². The third-order valence-corrected chi connectivity index (χ3v) is 18.2. The summed E-state index contributed by atoms with van der Waals surface area (Å²) in [4.78, 5) is 0. The maximum atomic E-state index is 4.24. The Morgan fingerprint density at radius 2 is 1.27 bits per heavy atom. The monoisotopic (exact) mass is 547 g/mol. The van der Waals surface area contributed by atoms with Crippen LogP contribution in [0.3, 0.4) is 0 Å². The Morgan fingerprint density at radius 1 is 0.636 bits per heavy atom. The van der Waals surface area contributed by atoms with Gasteiger partial charge in [-0.15, -0.1) is 0 Å². The first kappa shape index (κ1) is 24.0. The normalized spacial score (nSPS) is 14.7. The van der Waals surface area contributed by atoms with Crippen LogP contribution in [0.5, 0.6) is 0 Å². The zero-order valence-electron chi connectivity index (χ0n) is 18.3. The van der Waals surface area contributed by atoms with Gasteiger partial charge in [0.15, 0.2) is 0 Å². The fourth-order valence-corrected chi connectivity index (χ4v) is 17.1. The van der Waals surface area contributed by atoms with E-state index in [1.165, 1.54) is 22.4 Å². The number of rotatable bonds is 5. The fourth-order valence-electron chi connectivity index (χ4n) is 5.48. The molecule has 33 heavy (non-hydrogen) atoms. The Labute approximate surface area is 213 Å². The van der Waals surface area contributed by atoms with Gasteiger partial charge in [-0.25, -0.2) is 0 Å². The number of hydrogen-bond acceptors (Lipinski definition) is 1. The summed E-state index contributed by atoms with van der Waals surface area (Å²) in [6, 6.07) is 26.9. The minimum Gasteiger partial charge on any atom is -1.00 e. The van der Waals surface area contributed by atoms with E-state index in [-0.39, 0.29) is 24.8 Å². The van der Waals surface area contributed by atoms with E-state index in [1.54, 1.807) is 15.4 Å². The van der Waals surface area contributed by atoms with E-state index < -0.39 is 20.6 Å². The topological polar surface area (TPSA) is 12.0 Å². The largest absolute Gasteiger partial charge is 1.00 e. The summed E-state index contributed by atoms with van der Waals surface area (Å²) in [6.45, 7) is 0. The number of fused-ring (bicyclic) bond motifs is 3. The molecule has 0 fully saturated rings. The van der Waals surface area contributed by atoms with Crippen LogP contribution in [0.15, 0.2) is 116 Å². The van der Waals surface area contributed by atoms with E-state index in [1.807, 2.05) is 0 Å². The molecule has 1 N–H and O–H groups in total. The van der Waals surface area contributed by atoms with Crippen molar-refractivity contribution < 1.29 is 45.4 Å². The third kappa shape index (κ3) is 4.03. The second-order valence-electron chi connectivity index (χ2n) is 8.55. The van der Waals surface area contributed by atoms with Crippen molar-refractivity contribution in [3.63, 3.8) is 0 Å². The summed E-state index contributed by atoms with van der Waals surface area (Å²) in [5.41, 5.74) is 7.09. The number of halogens is 2. The predicted octanol–water partition coefficient (Wildman–Crippen LogP) is 0.760. The summed E-state index contributed by atoms with van der Waals surface area (Å²) < 4.78 is 9.08. The zero-order valence-corrected chi connectivity index (χ0v) is 22.2. The fraction of sp³-hybridized carbons (Fsp3) is 0.103. The minimum atomic E-state index is -3.44. The quantitative estimate of drug-likeness (QED) is 0.388. The van der Waals surface area contributed by atoms with Crippen LogP contribution in [0.1, 0.15) is 24.0 Å². The number of para-hydroxylation sites is 1. The molecule has 0 spiro atoms. The molecule has 3 aromatic rings. The molecule has 0 saturated heterocycles. The van der Waals surface area contributed by atoms with Gasteiger partial charge < -0.3 is 24.8 Å². The molecule has 0 amide bonds. The first-order valence-electron chi connectivity index (χ1n) is 11.1. The van der Waals surface area contributed by atoms with Crippen molar-refractivity contribution in [1.82, 2.24) is 0 Å². The smallest absolute Gasteiger partial charge is 1.00 e. The molecule has 164 valence electrons. The Hall–Kier alpha value is -2.12. The van der Waals surface area contributed by atoms with Gasteiger partial charge in [0.25, 0.3) is 0 Å². The molecule has 0 atom stereocenters. The minimum absolute atomic E-state index is 0. The van der Waals surface area contributed by atoms with Crippen LogP contribution < -0.4 is 31.3 Å². The van der Waals surface area contributed by atoms with Crippen molar-refractivity contribution >= 4 is 8.96 Å². The van der Waals surface area contributed by atoms with E-state index in [0.29, 0.717) is 0 Å². The van der Waals surface area contributed by atoms with Gasteiger partial charge >= 0.3 is 190 Å². The molecule has 0 unspecified atom stereocenters. The molecule has 0 heterocycles. The molecule has 3 aliphatic rings. The van der Waals surface area contributed by atoms with Crippen LogP contribution in [-0.2, 0) is 27.0 Å². The number of nitrogens with one attached hydrogen (secondary N) is 1. The van der Waals surface area contributed by atoms with Crippen LogP contribution in [0.2, 0.25) is 0 Å². The molecule has 0 aromatic heterocycles. The van der Waals surface area contributed by atoms with Crippen molar-refractivity contribution in [3.8, 4) is 11.1 Å². The van der Waals surface area contributed by atoms with Crippen molar-refractivity contribution in [2.24, 2.45) is 0 Å². The van der Waals surface area contributed by atoms with Crippen LogP contribution in [0, 0.1) is 0 Å². The summed E-state index contributed by atoms with van der Waals surface area (Å²) in [5.74, 6) is 0. The third-order valence-electron chi connectivity index (χ3n) is 6.87. The zero-order chi connectivity index (χ0) is 20.7. The van der Waals surface area contributed by atoms with Crippen molar-refractivity contribution in [1.29, 1.82) is 0 Å². The maximum Gasteiger partial charge on any atom is -1.00 e. The van der Waals surface area contributed by atoms with Crippen molar-refractivity contribution in [3.05, 3.63) is 127 Å². The number of benzene rings is 3. The van der Waals surface area contributed by atoms with Crippen LogP contribution >= 0.6 is 0 Å². The van der Waals surface area contributed by atoms with E-state index in [4.69, 9.17) is 0 Å². The summed E-state index contributed by atoms with van der Waals surface area (Å²) in [6.07, 6.45) is 17.2. The predicted molar refractivity (Wildman–Crippen MR) is 128 cm³/mol. The molecule has 0 radical (unpaired) electrons. The molecule has 0 bridgehead atoms. The maximum absolute atomic E-state index is 4.24. The van der Waals surface area contributed by atoms with E-state index in [0.717, 1.165) is 19.3 Å². The molecular formula is C29H25Cl2NZr. The Balaban J connectivity index is 0.00000130. The van der Waals surface area contributed by atoms with Crippen molar-refractivity contribution in [2.75, 3.05) is 3.26 Å². The van der Waals surface area contributed by atoms with Gasteiger partial charge in [0, 0.05) is 0 Å². The van der Waals surface area contributed by atoms with Gasteiger partial charge in [-0.3, -0.25) is 0 Å². The first-order valence-corrected chi connectivity index (χ1v) is 16.0. The van der Waals surface area contributed by atoms with E-state index in [9.17, 15) is 0 Å². The molecule has 1 nitrogen and oxygen atoms in total. The summed E-state index contributed by atoms with van der Waals surface area (Å²) >= 11 is -3.44. The molecular weight excluding hydrogens is 524 g/mol. The van der Waals surface area contributed by atoms with Gasteiger partial charge in [-0.05, 0) is 0 Å². The van der Waals surface area contributed by atoms with Gasteiger partial charge in [0.05, 0.1) is 0 Å². The van der Waals surface area contributed by atoms with Crippen molar-refractivity contribution in [2.45, 2.75) is 19.3 Å². The van der Waals surface area contributed by atoms with Gasteiger partial charge in [-0.2, -0.15) is 0 Å². The standard InChI is InChI=1S/C13H9.C6H6N.2C5H5.2ClH.Zr/c1-3-7-12-10(5-1)9-11-6-2-4-8-13(11)12;7-6-4-2-1-3-5-6;2*1-2-4-5-3-1;;;/h1-5,7-8H,9H2;1-5,7H;2*1-3H,4H2;2*1H;/q;-1;;;;;+3/p-2. The summed E-state index contributed by atoms with van der Waals surface area (Å²) in [5, 5.41) is 0. The molecule has 3 aromatic carbocycles. The van der Waals surface area contributed by atoms with E-state index in [2.05, 4.69) is 113 Å². The Kier molecular flexibility index (Phi) is 7.29. The second kappa shape index (κ2) is 10.0. The number of hydrogen-bond donors (Lipinski definition) is 1. The SMILES string of the molecule is C1=CC[C]([Zr+2]([NH]c2ccccc2)([C]2=CC=CC2)[c]2cccc3c2Cc2ccccc2-3)=C1.[Cl-].[Cl-]. The average molecular weight is 550 g/mol. The first-order chi connectivity index (χ1) is 15.4. The van der Waals surface area contributed by atoms with E-state index >= 15 is 0 Å². The Bertz CT molecular complexity index is 1260. The second-order valence-corrected chi connectivity index (χ2v) is 17.3. The molecule has 6 rings (SSSR count). The molecule has 0 saturated carbocycles. The van der Waals surface area contributed by atoms with Gasteiger partial charge in [0.2, 0.25) is 0 Å². The number of anilines is 1. The van der Waals surface area contributed by atoms with Gasteiger partial charge in [0.1, 0.15) is 0 Å². The van der Waals surface area contributed by atoms with Crippen LogP contribution in [-0.4, -0.2) is 0 Å². The van der Waals surface area contributed by atoms with Crippen LogP contribution in [0.4, 0.5) is 5.69 Å². The average Bonchev–Trinajstić information content (AvgIpc) is 3.59. The number of allylic oxidation sites excluding steroid dienone is 8. The molecule has 3 aliphatic carbocycles.